The number of anilines is 1. The molecule has 0 bridgehead atoms. The number of carbonyl (C=O) groups excluding carboxylic acids is 1. The number of ether oxygens (including phenoxy) is 2. The summed E-state index contributed by atoms with van der Waals surface area (Å²) < 4.78 is 11.5. The maximum atomic E-state index is 12.9. The largest absolute Gasteiger partial charge is 0.490 e. The molecule has 1 saturated carbocycles. The Bertz CT molecular complexity index is 626. The van der Waals surface area contributed by atoms with Crippen LogP contribution in [-0.4, -0.2) is 24.2 Å². The first-order chi connectivity index (χ1) is 12.0. The molecule has 1 aliphatic carbocycles. The second-order valence-electron chi connectivity index (χ2n) is 6.78. The molecule has 1 N–H and O–H groups in total. The van der Waals surface area contributed by atoms with Gasteiger partial charge in [0.25, 0.3) is 5.91 Å². The Morgan fingerprint density at radius 1 is 1.28 bits per heavy atom. The predicted octanol–water partition coefficient (Wildman–Crippen LogP) is 4.41. The van der Waals surface area contributed by atoms with Crippen molar-refractivity contribution in [1.29, 1.82) is 5.26 Å². The van der Waals surface area contributed by atoms with Gasteiger partial charge in [0.1, 0.15) is 17.4 Å². The average Bonchev–Trinajstić information content (AvgIpc) is 2.82. The lowest BCUT2D eigenvalue weighted by Gasteiger charge is -2.31. The van der Waals surface area contributed by atoms with Crippen LogP contribution in [0.3, 0.4) is 0 Å². The first-order valence-electron chi connectivity index (χ1n) is 9.17. The molecular formula is C20H28N2O3. The molecule has 0 saturated heterocycles. The van der Waals surface area contributed by atoms with Gasteiger partial charge in [0.05, 0.1) is 11.7 Å². The molecule has 1 aromatic rings. The van der Waals surface area contributed by atoms with Gasteiger partial charge in [-0.15, -0.1) is 0 Å². The second kappa shape index (κ2) is 8.87. The molecule has 5 heteroatoms. The predicted molar refractivity (Wildman–Crippen MR) is 97.6 cm³/mol. The molecule has 0 aromatic heterocycles. The van der Waals surface area contributed by atoms with Crippen molar-refractivity contribution in [3.05, 3.63) is 23.8 Å². The van der Waals surface area contributed by atoms with Crippen molar-refractivity contribution in [2.24, 2.45) is 0 Å². The lowest BCUT2D eigenvalue weighted by Crippen LogP contribution is -2.45. The van der Waals surface area contributed by atoms with Gasteiger partial charge in [-0.2, -0.15) is 5.26 Å². The molecular weight excluding hydrogens is 316 g/mol. The molecule has 136 valence electrons. The summed E-state index contributed by atoms with van der Waals surface area (Å²) in [5, 5.41) is 12.3. The molecule has 1 aliphatic rings. The zero-order valence-electron chi connectivity index (χ0n) is 15.4. The van der Waals surface area contributed by atoms with Gasteiger partial charge in [-0.1, -0.05) is 25.7 Å². The standard InChI is InChI=1S/C20H28N2O3/c1-4-24-20(11-7-5-6-8-12-20)19(23)22-17-9-10-18(25-15(2)3)16(13-17)14-21/h9-10,13,15H,4-8,11-12H2,1-3H3,(H,22,23). The maximum absolute atomic E-state index is 12.9. The number of hydrogen-bond acceptors (Lipinski definition) is 4. The first kappa shape index (κ1) is 19.3. The van der Waals surface area contributed by atoms with E-state index in [0.29, 0.717) is 23.6 Å². The van der Waals surface area contributed by atoms with Crippen LogP contribution in [0.15, 0.2) is 18.2 Å². The Morgan fingerprint density at radius 2 is 1.96 bits per heavy atom. The summed E-state index contributed by atoms with van der Waals surface area (Å²) in [6.07, 6.45) is 5.75. The van der Waals surface area contributed by atoms with Gasteiger partial charge in [-0.05, 0) is 51.8 Å². The van der Waals surface area contributed by atoms with Crippen LogP contribution < -0.4 is 10.1 Å². The van der Waals surface area contributed by atoms with Crippen LogP contribution in [0.4, 0.5) is 5.69 Å². The number of nitrogens with zero attached hydrogens (tertiary/aromatic N) is 1. The highest BCUT2D eigenvalue weighted by Crippen LogP contribution is 2.32. The molecule has 0 unspecified atom stereocenters. The molecule has 0 heterocycles. The van der Waals surface area contributed by atoms with Crippen LogP contribution in [-0.2, 0) is 9.53 Å². The summed E-state index contributed by atoms with van der Waals surface area (Å²) in [4.78, 5) is 12.9. The number of amides is 1. The van der Waals surface area contributed by atoms with E-state index in [1.807, 2.05) is 20.8 Å². The van der Waals surface area contributed by atoms with E-state index >= 15 is 0 Å². The fraction of sp³-hybridized carbons (Fsp3) is 0.600. The Hall–Kier alpha value is -2.06. The third-order valence-corrected chi connectivity index (χ3v) is 4.47. The fourth-order valence-electron chi connectivity index (χ4n) is 3.31. The SMILES string of the molecule is CCOC1(C(=O)Nc2ccc(OC(C)C)c(C#N)c2)CCCCCC1. The summed E-state index contributed by atoms with van der Waals surface area (Å²) in [7, 11) is 0. The number of benzene rings is 1. The number of rotatable bonds is 6. The first-order valence-corrected chi connectivity index (χ1v) is 9.17. The molecule has 0 aliphatic heterocycles. The highest BCUT2D eigenvalue weighted by molar-refractivity contribution is 5.97. The lowest BCUT2D eigenvalue weighted by molar-refractivity contribution is -0.143. The van der Waals surface area contributed by atoms with E-state index in [9.17, 15) is 10.1 Å². The Labute approximate surface area is 150 Å². The summed E-state index contributed by atoms with van der Waals surface area (Å²) >= 11 is 0. The van der Waals surface area contributed by atoms with Crippen LogP contribution in [0.2, 0.25) is 0 Å². The quantitative estimate of drug-likeness (QED) is 0.776. The minimum Gasteiger partial charge on any atom is -0.490 e. The second-order valence-corrected chi connectivity index (χ2v) is 6.78. The third-order valence-electron chi connectivity index (χ3n) is 4.47. The summed E-state index contributed by atoms with van der Waals surface area (Å²) in [5.74, 6) is 0.419. The summed E-state index contributed by atoms with van der Waals surface area (Å²) in [6, 6.07) is 7.29. The van der Waals surface area contributed by atoms with Crippen LogP contribution in [0.25, 0.3) is 0 Å². The minimum atomic E-state index is -0.759. The molecule has 0 spiro atoms. The van der Waals surface area contributed by atoms with Crippen LogP contribution >= 0.6 is 0 Å². The van der Waals surface area contributed by atoms with Gasteiger partial charge in [0.2, 0.25) is 0 Å². The highest BCUT2D eigenvalue weighted by Gasteiger charge is 2.39. The molecule has 1 aromatic carbocycles. The van der Waals surface area contributed by atoms with Gasteiger partial charge in [-0.25, -0.2) is 0 Å². The zero-order chi connectivity index (χ0) is 18.3. The van der Waals surface area contributed by atoms with Crippen molar-refractivity contribution < 1.29 is 14.3 Å². The average molecular weight is 344 g/mol. The summed E-state index contributed by atoms with van der Waals surface area (Å²) in [5.41, 5.74) is 0.254. The van der Waals surface area contributed by atoms with Crippen molar-refractivity contribution in [1.82, 2.24) is 0 Å². The molecule has 2 rings (SSSR count). The molecule has 0 radical (unpaired) electrons. The lowest BCUT2D eigenvalue weighted by atomic mass is 9.92. The van der Waals surface area contributed by atoms with Gasteiger partial charge >= 0.3 is 0 Å². The van der Waals surface area contributed by atoms with Gasteiger partial charge < -0.3 is 14.8 Å². The van der Waals surface area contributed by atoms with Gasteiger partial charge in [-0.3, -0.25) is 4.79 Å². The van der Waals surface area contributed by atoms with Crippen LogP contribution in [0.1, 0.15) is 64.9 Å². The number of carbonyl (C=O) groups is 1. The molecule has 5 nitrogen and oxygen atoms in total. The van der Waals surface area contributed by atoms with Crippen molar-refractivity contribution in [3.8, 4) is 11.8 Å². The van der Waals surface area contributed by atoms with Gasteiger partial charge in [0.15, 0.2) is 0 Å². The smallest absolute Gasteiger partial charge is 0.256 e. The Balaban J connectivity index is 2.19. The van der Waals surface area contributed by atoms with Gasteiger partial charge in [0, 0.05) is 12.3 Å². The molecule has 0 atom stereocenters. The molecule has 1 fully saturated rings. The summed E-state index contributed by atoms with van der Waals surface area (Å²) in [6.45, 7) is 6.26. The van der Waals surface area contributed by atoms with E-state index in [2.05, 4.69) is 11.4 Å². The number of nitrogens with one attached hydrogen (secondary N) is 1. The van der Waals surface area contributed by atoms with E-state index in [0.717, 1.165) is 38.5 Å². The van der Waals surface area contributed by atoms with Crippen LogP contribution in [0.5, 0.6) is 5.75 Å². The number of hydrogen-bond donors (Lipinski definition) is 1. The molecule has 1 amide bonds. The Morgan fingerprint density at radius 3 is 2.52 bits per heavy atom. The molecule has 25 heavy (non-hydrogen) atoms. The van der Waals surface area contributed by atoms with Crippen molar-refractivity contribution in [2.75, 3.05) is 11.9 Å². The Kier molecular flexibility index (Phi) is 6.83. The van der Waals surface area contributed by atoms with Crippen molar-refractivity contribution in [3.63, 3.8) is 0 Å². The third kappa shape index (κ3) is 4.96. The number of nitriles is 1. The minimum absolute atomic E-state index is 0.0141. The van der Waals surface area contributed by atoms with E-state index in [-0.39, 0.29) is 12.0 Å². The topological polar surface area (TPSA) is 71.3 Å². The van der Waals surface area contributed by atoms with Crippen molar-refractivity contribution >= 4 is 11.6 Å². The van der Waals surface area contributed by atoms with E-state index < -0.39 is 5.60 Å². The highest BCUT2D eigenvalue weighted by atomic mass is 16.5. The normalized spacial score (nSPS) is 16.8. The monoisotopic (exact) mass is 344 g/mol. The van der Waals surface area contributed by atoms with Crippen LogP contribution in [0, 0.1) is 11.3 Å². The van der Waals surface area contributed by atoms with E-state index in [1.165, 1.54) is 0 Å². The maximum Gasteiger partial charge on any atom is 0.256 e. The zero-order valence-corrected chi connectivity index (χ0v) is 15.4. The fourth-order valence-corrected chi connectivity index (χ4v) is 3.31. The van der Waals surface area contributed by atoms with E-state index in [4.69, 9.17) is 9.47 Å². The van der Waals surface area contributed by atoms with E-state index in [1.54, 1.807) is 18.2 Å². The van der Waals surface area contributed by atoms with Crippen molar-refractivity contribution in [2.45, 2.75) is 71.0 Å².